The molecule has 1 heterocycles. The van der Waals surface area contributed by atoms with Gasteiger partial charge in [-0.1, -0.05) is 26.0 Å². The Kier molecular flexibility index (Phi) is 4.48. The second-order valence-corrected chi connectivity index (χ2v) is 5.41. The van der Waals surface area contributed by atoms with Crippen molar-refractivity contribution < 1.29 is 9.47 Å². The van der Waals surface area contributed by atoms with Crippen molar-refractivity contribution in [2.75, 3.05) is 20.1 Å². The van der Waals surface area contributed by atoms with E-state index in [0.29, 0.717) is 0 Å². The number of hydrogen-bond donors (Lipinski definition) is 0. The maximum atomic E-state index is 5.74. The summed E-state index contributed by atoms with van der Waals surface area (Å²) in [5.41, 5.74) is 0. The highest BCUT2D eigenvalue weighted by Crippen LogP contribution is 2.33. The number of ether oxygens (including phenoxy) is 2. The van der Waals surface area contributed by atoms with E-state index < -0.39 is 0 Å². The number of benzene rings is 1. The quantitative estimate of drug-likeness (QED) is 0.773. The molecule has 0 saturated heterocycles. The zero-order valence-corrected chi connectivity index (χ0v) is 11.6. The Morgan fingerprint density at radius 3 is 2.33 bits per heavy atom. The summed E-state index contributed by atoms with van der Waals surface area (Å²) in [6.07, 6.45) is 2.34. The summed E-state index contributed by atoms with van der Waals surface area (Å²) in [5.74, 6) is 2.50. The van der Waals surface area contributed by atoms with Gasteiger partial charge in [0.1, 0.15) is 0 Å². The van der Waals surface area contributed by atoms with Crippen LogP contribution in [0.3, 0.4) is 0 Å². The lowest BCUT2D eigenvalue weighted by atomic mass is 10.1. The summed E-state index contributed by atoms with van der Waals surface area (Å²) in [4.78, 5) is 2.28. The minimum Gasteiger partial charge on any atom is -0.450 e. The standard InChI is InChI=1S/C15H23NO2/c1-12(2)7-6-10-16(3)11-15-17-13-8-4-5-9-14(13)18-15/h4-5,8-9,12,15H,6-7,10-11H2,1-3H3. The number of hydrogen-bond acceptors (Lipinski definition) is 3. The van der Waals surface area contributed by atoms with E-state index in [1.165, 1.54) is 12.8 Å². The zero-order chi connectivity index (χ0) is 13.0. The minimum atomic E-state index is -0.161. The summed E-state index contributed by atoms with van der Waals surface area (Å²) in [6, 6.07) is 7.84. The van der Waals surface area contributed by atoms with Crippen LogP contribution in [0, 0.1) is 5.92 Å². The Hall–Kier alpha value is -1.22. The van der Waals surface area contributed by atoms with Gasteiger partial charge in [-0.3, -0.25) is 4.90 Å². The molecule has 0 bridgehead atoms. The third kappa shape index (κ3) is 3.64. The predicted molar refractivity (Wildman–Crippen MR) is 73.1 cm³/mol. The molecule has 0 spiro atoms. The van der Waals surface area contributed by atoms with Gasteiger partial charge >= 0.3 is 0 Å². The molecule has 0 unspecified atom stereocenters. The molecule has 0 amide bonds. The van der Waals surface area contributed by atoms with Crippen LogP contribution in [0.25, 0.3) is 0 Å². The first-order chi connectivity index (χ1) is 8.65. The minimum absolute atomic E-state index is 0.161. The summed E-state index contributed by atoms with van der Waals surface area (Å²) >= 11 is 0. The van der Waals surface area contributed by atoms with E-state index in [9.17, 15) is 0 Å². The average molecular weight is 249 g/mol. The summed E-state index contributed by atoms with van der Waals surface area (Å²) in [7, 11) is 2.12. The van der Waals surface area contributed by atoms with Gasteiger partial charge in [0.25, 0.3) is 6.29 Å². The van der Waals surface area contributed by atoms with Gasteiger partial charge in [0, 0.05) is 0 Å². The molecule has 1 aliphatic rings. The average Bonchev–Trinajstić information content (AvgIpc) is 2.70. The van der Waals surface area contributed by atoms with Gasteiger partial charge < -0.3 is 9.47 Å². The van der Waals surface area contributed by atoms with E-state index in [4.69, 9.17) is 9.47 Å². The molecule has 1 aliphatic heterocycles. The fraction of sp³-hybridized carbons (Fsp3) is 0.600. The van der Waals surface area contributed by atoms with E-state index >= 15 is 0 Å². The molecule has 0 aromatic heterocycles. The lowest BCUT2D eigenvalue weighted by Crippen LogP contribution is -2.35. The molecule has 0 fully saturated rings. The van der Waals surface area contributed by atoms with Crippen LogP contribution in [0.4, 0.5) is 0 Å². The van der Waals surface area contributed by atoms with Crippen molar-refractivity contribution in [2.24, 2.45) is 5.92 Å². The normalized spacial score (nSPS) is 14.7. The van der Waals surface area contributed by atoms with Crippen molar-refractivity contribution in [1.82, 2.24) is 4.90 Å². The number of nitrogens with zero attached hydrogens (tertiary/aromatic N) is 1. The van der Waals surface area contributed by atoms with Gasteiger partial charge in [-0.05, 0) is 44.5 Å². The second-order valence-electron chi connectivity index (χ2n) is 5.41. The van der Waals surface area contributed by atoms with Crippen molar-refractivity contribution in [3.05, 3.63) is 24.3 Å². The van der Waals surface area contributed by atoms with Crippen molar-refractivity contribution >= 4 is 0 Å². The number of fused-ring (bicyclic) bond motifs is 1. The molecule has 18 heavy (non-hydrogen) atoms. The smallest absolute Gasteiger partial charge is 0.253 e. The van der Waals surface area contributed by atoms with Crippen molar-refractivity contribution in [3.63, 3.8) is 0 Å². The molecular formula is C15H23NO2. The van der Waals surface area contributed by atoms with Gasteiger partial charge in [-0.25, -0.2) is 0 Å². The number of para-hydroxylation sites is 2. The Morgan fingerprint density at radius 1 is 1.17 bits per heavy atom. The SMILES string of the molecule is CC(C)CCCN(C)CC1Oc2ccccc2O1. The lowest BCUT2D eigenvalue weighted by Gasteiger charge is -2.20. The van der Waals surface area contributed by atoms with Gasteiger partial charge in [-0.15, -0.1) is 0 Å². The molecule has 1 aromatic carbocycles. The predicted octanol–water partition coefficient (Wildman–Crippen LogP) is 3.15. The Balaban J connectivity index is 1.72. The monoisotopic (exact) mass is 249 g/mol. The van der Waals surface area contributed by atoms with Crippen LogP contribution in [-0.2, 0) is 0 Å². The first-order valence-electron chi connectivity index (χ1n) is 6.76. The third-order valence-electron chi connectivity index (χ3n) is 3.15. The van der Waals surface area contributed by atoms with Crippen LogP contribution in [-0.4, -0.2) is 31.3 Å². The van der Waals surface area contributed by atoms with Crippen molar-refractivity contribution in [1.29, 1.82) is 0 Å². The maximum Gasteiger partial charge on any atom is 0.253 e. The highest BCUT2D eigenvalue weighted by Gasteiger charge is 2.24. The number of rotatable bonds is 6. The molecular weight excluding hydrogens is 226 g/mol. The van der Waals surface area contributed by atoms with Crippen molar-refractivity contribution in [3.8, 4) is 11.5 Å². The summed E-state index contributed by atoms with van der Waals surface area (Å²) in [6.45, 7) is 6.43. The molecule has 0 N–H and O–H groups in total. The molecule has 1 aromatic rings. The topological polar surface area (TPSA) is 21.7 Å². The van der Waals surface area contributed by atoms with Crippen LogP contribution < -0.4 is 9.47 Å². The lowest BCUT2D eigenvalue weighted by molar-refractivity contribution is 0.0211. The highest BCUT2D eigenvalue weighted by molar-refractivity contribution is 5.41. The highest BCUT2D eigenvalue weighted by atomic mass is 16.7. The van der Waals surface area contributed by atoms with Crippen molar-refractivity contribution in [2.45, 2.75) is 33.0 Å². The molecule has 0 atom stereocenters. The molecule has 0 radical (unpaired) electrons. The summed E-state index contributed by atoms with van der Waals surface area (Å²) in [5, 5.41) is 0. The first kappa shape index (κ1) is 13.2. The van der Waals surface area contributed by atoms with Crippen LogP contribution in [0.5, 0.6) is 11.5 Å². The van der Waals surface area contributed by atoms with Gasteiger partial charge in [0.05, 0.1) is 6.54 Å². The van der Waals surface area contributed by atoms with E-state index in [0.717, 1.165) is 30.5 Å². The Bertz CT molecular complexity index is 354. The Labute approximate surface area is 110 Å². The van der Waals surface area contributed by atoms with E-state index in [-0.39, 0.29) is 6.29 Å². The molecule has 2 rings (SSSR count). The van der Waals surface area contributed by atoms with Crippen LogP contribution in [0.2, 0.25) is 0 Å². The van der Waals surface area contributed by atoms with E-state index in [1.807, 2.05) is 24.3 Å². The fourth-order valence-electron chi connectivity index (χ4n) is 2.14. The van der Waals surface area contributed by atoms with Gasteiger partial charge in [-0.2, -0.15) is 0 Å². The second kappa shape index (κ2) is 6.10. The van der Waals surface area contributed by atoms with E-state index in [2.05, 4.69) is 25.8 Å². The summed E-state index contributed by atoms with van der Waals surface area (Å²) < 4.78 is 11.5. The third-order valence-corrected chi connectivity index (χ3v) is 3.15. The zero-order valence-electron chi connectivity index (χ0n) is 11.6. The molecule has 3 nitrogen and oxygen atoms in total. The van der Waals surface area contributed by atoms with Crippen LogP contribution >= 0.6 is 0 Å². The Morgan fingerprint density at radius 2 is 1.78 bits per heavy atom. The molecule has 100 valence electrons. The largest absolute Gasteiger partial charge is 0.450 e. The van der Waals surface area contributed by atoms with Gasteiger partial charge in [0.2, 0.25) is 0 Å². The van der Waals surface area contributed by atoms with E-state index in [1.54, 1.807) is 0 Å². The first-order valence-corrected chi connectivity index (χ1v) is 6.76. The maximum absolute atomic E-state index is 5.74. The molecule has 0 saturated carbocycles. The van der Waals surface area contributed by atoms with Crippen LogP contribution in [0.15, 0.2) is 24.3 Å². The number of likely N-dealkylation sites (N-methyl/N-ethyl adjacent to an activating group) is 1. The molecule has 0 aliphatic carbocycles. The fourth-order valence-corrected chi connectivity index (χ4v) is 2.14. The molecule has 3 heteroatoms. The van der Waals surface area contributed by atoms with Crippen LogP contribution in [0.1, 0.15) is 26.7 Å². The van der Waals surface area contributed by atoms with Gasteiger partial charge in [0.15, 0.2) is 11.5 Å².